The van der Waals surface area contributed by atoms with E-state index in [0.29, 0.717) is 0 Å². The second-order valence-electron chi connectivity index (χ2n) is 3.43. The molecule has 3 N–H and O–H groups in total. The Morgan fingerprint density at radius 1 is 1.29 bits per heavy atom. The van der Waals surface area contributed by atoms with Gasteiger partial charge < -0.3 is 5.11 Å². The molecule has 0 aromatic carbocycles. The van der Waals surface area contributed by atoms with Crippen LogP contribution in [0.15, 0.2) is 0 Å². The molecule has 0 bridgehead atoms. The molecule has 0 radical (unpaired) electrons. The number of carboxylic acids is 1. The molecule has 0 aromatic rings. The van der Waals surface area contributed by atoms with Gasteiger partial charge in [0.2, 0.25) is 0 Å². The molecule has 102 valence electrons. The Labute approximate surface area is 101 Å². The summed E-state index contributed by atoms with van der Waals surface area (Å²) in [4.78, 5) is 10.7. The van der Waals surface area contributed by atoms with Gasteiger partial charge in [0.25, 0.3) is 10.2 Å². The van der Waals surface area contributed by atoms with Crippen molar-refractivity contribution in [2.45, 2.75) is 19.4 Å². The lowest BCUT2D eigenvalue weighted by atomic mass is 10.2. The first-order valence-corrected chi connectivity index (χ1v) is 8.29. The van der Waals surface area contributed by atoms with E-state index in [-0.39, 0.29) is 13.0 Å². The van der Waals surface area contributed by atoms with Gasteiger partial charge in [0.1, 0.15) is 15.9 Å². The Balaban J connectivity index is 4.62. The first kappa shape index (κ1) is 16.3. The van der Waals surface area contributed by atoms with Gasteiger partial charge in [0.15, 0.2) is 0 Å². The Kier molecular flexibility index (Phi) is 6.02. The minimum Gasteiger partial charge on any atom is -0.480 e. The van der Waals surface area contributed by atoms with Crippen LogP contribution in [0.1, 0.15) is 13.3 Å². The molecule has 0 aromatic heterocycles. The van der Waals surface area contributed by atoms with Crippen LogP contribution in [0.5, 0.6) is 0 Å². The number of hydrogen-bond donors (Lipinski definition) is 3. The van der Waals surface area contributed by atoms with Gasteiger partial charge in [-0.3, -0.25) is 4.79 Å². The first-order chi connectivity index (χ1) is 7.57. The van der Waals surface area contributed by atoms with Crippen molar-refractivity contribution in [3.8, 4) is 0 Å². The lowest BCUT2D eigenvalue weighted by Crippen LogP contribution is -2.47. The quantitative estimate of drug-likeness (QED) is 0.489. The lowest BCUT2D eigenvalue weighted by molar-refractivity contribution is -0.139. The topological polar surface area (TPSA) is 130 Å². The van der Waals surface area contributed by atoms with Crippen molar-refractivity contribution in [3.63, 3.8) is 0 Å². The van der Waals surface area contributed by atoms with Gasteiger partial charge in [0.05, 0.1) is 5.75 Å². The van der Waals surface area contributed by atoms with E-state index in [1.165, 1.54) is 6.92 Å². The zero-order valence-electron chi connectivity index (χ0n) is 9.50. The average molecular weight is 288 g/mol. The number of aliphatic carboxylic acids is 1. The molecule has 1 unspecified atom stereocenters. The van der Waals surface area contributed by atoms with Gasteiger partial charge in [0, 0.05) is 12.8 Å². The van der Waals surface area contributed by atoms with Crippen molar-refractivity contribution in [1.82, 2.24) is 9.44 Å². The Bertz CT molecular complexity index is 455. The minimum absolute atomic E-state index is 0.105. The summed E-state index contributed by atoms with van der Waals surface area (Å²) < 4.78 is 48.1. The Hall–Kier alpha value is -0.710. The maximum absolute atomic E-state index is 11.2. The van der Waals surface area contributed by atoms with Crippen LogP contribution in [0.3, 0.4) is 0 Å². The van der Waals surface area contributed by atoms with Gasteiger partial charge in [-0.2, -0.15) is 13.1 Å². The van der Waals surface area contributed by atoms with Crippen LogP contribution >= 0.6 is 0 Å². The predicted octanol–water partition coefficient (Wildman–Crippen LogP) is -1.68. The van der Waals surface area contributed by atoms with Gasteiger partial charge in [-0.25, -0.2) is 13.1 Å². The second kappa shape index (κ2) is 6.28. The summed E-state index contributed by atoms with van der Waals surface area (Å²) in [5, 5.41) is 8.75. The molecule has 0 aliphatic rings. The van der Waals surface area contributed by atoms with Crippen LogP contribution in [-0.4, -0.2) is 52.5 Å². The summed E-state index contributed by atoms with van der Waals surface area (Å²) in [6.45, 7) is 1.64. The lowest BCUT2D eigenvalue weighted by Gasteiger charge is -2.14. The zero-order chi connectivity index (χ0) is 13.7. The zero-order valence-corrected chi connectivity index (χ0v) is 11.1. The summed E-state index contributed by atoms with van der Waals surface area (Å²) >= 11 is 0. The van der Waals surface area contributed by atoms with Crippen molar-refractivity contribution in [3.05, 3.63) is 0 Å². The minimum atomic E-state index is -3.92. The maximum Gasteiger partial charge on any atom is 0.321 e. The maximum atomic E-state index is 11.2. The molecule has 0 amide bonds. The fourth-order valence-electron chi connectivity index (χ4n) is 0.984. The predicted molar refractivity (Wildman–Crippen MR) is 61.5 cm³/mol. The van der Waals surface area contributed by atoms with Crippen LogP contribution in [0.2, 0.25) is 0 Å². The SMILES string of the molecule is CCNS(=O)(=O)NC(CCS(C)(=O)=O)C(=O)O. The molecule has 8 nitrogen and oxygen atoms in total. The van der Waals surface area contributed by atoms with Crippen molar-refractivity contribution >= 4 is 26.0 Å². The summed E-state index contributed by atoms with van der Waals surface area (Å²) in [6.07, 6.45) is 0.628. The van der Waals surface area contributed by atoms with E-state index in [1.54, 1.807) is 0 Å². The molecule has 0 fully saturated rings. The molecule has 0 saturated heterocycles. The van der Waals surface area contributed by atoms with E-state index in [9.17, 15) is 21.6 Å². The average Bonchev–Trinajstić information content (AvgIpc) is 2.10. The van der Waals surface area contributed by atoms with Crippen LogP contribution in [-0.2, 0) is 24.8 Å². The number of carboxylic acid groups (broad SMARTS) is 1. The second-order valence-corrected chi connectivity index (χ2v) is 7.22. The summed E-state index contributed by atoms with van der Waals surface area (Å²) in [6, 6.07) is -1.46. The number of rotatable bonds is 8. The molecule has 10 heteroatoms. The highest BCUT2D eigenvalue weighted by Crippen LogP contribution is 1.98. The van der Waals surface area contributed by atoms with E-state index >= 15 is 0 Å². The van der Waals surface area contributed by atoms with Gasteiger partial charge in [-0.15, -0.1) is 0 Å². The first-order valence-electron chi connectivity index (χ1n) is 4.75. The van der Waals surface area contributed by atoms with E-state index in [1.807, 2.05) is 4.72 Å². The van der Waals surface area contributed by atoms with Crippen molar-refractivity contribution in [2.75, 3.05) is 18.6 Å². The standard InChI is InChI=1S/C7H16N2O6S2/c1-3-8-17(14,15)9-6(7(10)11)4-5-16(2,12)13/h6,8-9H,3-5H2,1-2H3,(H,10,11). The molecule has 0 saturated carbocycles. The van der Waals surface area contributed by atoms with Gasteiger partial charge in [-0.1, -0.05) is 6.92 Å². The molecule has 17 heavy (non-hydrogen) atoms. The van der Waals surface area contributed by atoms with Gasteiger partial charge >= 0.3 is 5.97 Å². The third kappa shape index (κ3) is 8.07. The third-order valence-electron chi connectivity index (χ3n) is 1.71. The highest BCUT2D eigenvalue weighted by atomic mass is 32.2. The highest BCUT2D eigenvalue weighted by Gasteiger charge is 2.24. The monoisotopic (exact) mass is 288 g/mol. The van der Waals surface area contributed by atoms with Crippen molar-refractivity contribution in [1.29, 1.82) is 0 Å². The Morgan fingerprint density at radius 3 is 2.18 bits per heavy atom. The third-order valence-corrected chi connectivity index (χ3v) is 3.95. The smallest absolute Gasteiger partial charge is 0.321 e. The fourth-order valence-corrected chi connectivity index (χ4v) is 2.70. The normalized spacial score (nSPS) is 14.5. The molecule has 0 spiro atoms. The van der Waals surface area contributed by atoms with Crippen LogP contribution in [0.4, 0.5) is 0 Å². The van der Waals surface area contributed by atoms with Crippen LogP contribution in [0, 0.1) is 0 Å². The molecule has 0 aliphatic heterocycles. The Morgan fingerprint density at radius 2 is 1.82 bits per heavy atom. The van der Waals surface area contributed by atoms with E-state index in [4.69, 9.17) is 5.11 Å². The number of nitrogens with one attached hydrogen (secondary N) is 2. The number of hydrogen-bond acceptors (Lipinski definition) is 5. The molecule has 1 atom stereocenters. The number of sulfone groups is 1. The van der Waals surface area contributed by atoms with Crippen molar-refractivity contribution in [2.24, 2.45) is 0 Å². The van der Waals surface area contributed by atoms with Crippen molar-refractivity contribution < 1.29 is 26.7 Å². The molecule has 0 aliphatic carbocycles. The van der Waals surface area contributed by atoms with E-state index in [2.05, 4.69) is 4.72 Å². The van der Waals surface area contributed by atoms with Gasteiger partial charge in [-0.05, 0) is 6.42 Å². The molecular formula is C7H16N2O6S2. The summed E-state index contributed by atoms with van der Waals surface area (Å²) in [5.74, 6) is -1.83. The summed E-state index contributed by atoms with van der Waals surface area (Å²) in [5.41, 5.74) is 0. The number of carbonyl (C=O) groups is 1. The fraction of sp³-hybridized carbons (Fsp3) is 0.857. The summed E-state index contributed by atoms with van der Waals surface area (Å²) in [7, 11) is -7.26. The van der Waals surface area contributed by atoms with E-state index in [0.717, 1.165) is 6.26 Å². The van der Waals surface area contributed by atoms with Crippen LogP contribution in [0.25, 0.3) is 0 Å². The molecular weight excluding hydrogens is 272 g/mol. The molecule has 0 heterocycles. The van der Waals surface area contributed by atoms with Crippen LogP contribution < -0.4 is 9.44 Å². The largest absolute Gasteiger partial charge is 0.480 e. The van der Waals surface area contributed by atoms with E-state index < -0.39 is 37.8 Å². The molecule has 0 rings (SSSR count). The highest BCUT2D eigenvalue weighted by molar-refractivity contribution is 7.90.